The van der Waals surface area contributed by atoms with E-state index in [9.17, 15) is 9.90 Å². The van der Waals surface area contributed by atoms with Crippen LogP contribution in [0.4, 0.5) is 4.79 Å². The van der Waals surface area contributed by atoms with E-state index in [1.807, 2.05) is 20.8 Å². The van der Waals surface area contributed by atoms with Crippen molar-refractivity contribution in [2.45, 2.75) is 38.9 Å². The molecule has 0 spiro atoms. The molecule has 1 amide bonds. The highest BCUT2D eigenvalue weighted by atomic mass is 16.6. The van der Waals surface area contributed by atoms with Gasteiger partial charge >= 0.3 is 6.09 Å². The molecule has 2 aliphatic rings. The number of aliphatic hydroxyl groups is 1. The average molecular weight is 271 g/mol. The lowest BCUT2D eigenvalue weighted by atomic mass is 9.99. The van der Waals surface area contributed by atoms with Crippen molar-refractivity contribution in [3.05, 3.63) is 0 Å². The number of ether oxygens (including phenoxy) is 2. The first-order valence-corrected chi connectivity index (χ1v) is 6.97. The van der Waals surface area contributed by atoms with E-state index in [1.165, 1.54) is 0 Å². The quantitative estimate of drug-likeness (QED) is 0.827. The molecule has 1 aliphatic carbocycles. The molecule has 1 heterocycles. The predicted octanol–water partition coefficient (Wildman–Crippen LogP) is 1.50. The van der Waals surface area contributed by atoms with Gasteiger partial charge in [0.25, 0.3) is 0 Å². The summed E-state index contributed by atoms with van der Waals surface area (Å²) in [7, 11) is 1.69. The summed E-state index contributed by atoms with van der Waals surface area (Å²) in [5.74, 6) is 0.963. The van der Waals surface area contributed by atoms with E-state index in [4.69, 9.17) is 9.47 Å². The zero-order valence-electron chi connectivity index (χ0n) is 12.3. The topological polar surface area (TPSA) is 59.0 Å². The molecule has 110 valence electrons. The number of fused-ring (bicyclic) bond motifs is 1. The first kappa shape index (κ1) is 14.6. The van der Waals surface area contributed by atoms with Crippen LogP contribution in [0, 0.1) is 17.8 Å². The highest BCUT2D eigenvalue weighted by molar-refractivity contribution is 5.68. The molecule has 0 aromatic rings. The van der Waals surface area contributed by atoms with E-state index >= 15 is 0 Å². The first-order valence-electron chi connectivity index (χ1n) is 6.97. The molecule has 0 bridgehead atoms. The van der Waals surface area contributed by atoms with Crippen molar-refractivity contribution in [1.82, 2.24) is 4.90 Å². The molecule has 2 rings (SSSR count). The van der Waals surface area contributed by atoms with E-state index in [0.29, 0.717) is 18.4 Å². The first-order chi connectivity index (χ1) is 8.85. The van der Waals surface area contributed by atoms with Crippen LogP contribution in [0.3, 0.4) is 0 Å². The van der Waals surface area contributed by atoms with Crippen LogP contribution in [0.2, 0.25) is 0 Å². The Morgan fingerprint density at radius 2 is 2.05 bits per heavy atom. The Labute approximate surface area is 114 Å². The van der Waals surface area contributed by atoms with Gasteiger partial charge in [-0.05, 0) is 33.1 Å². The molecule has 0 aromatic heterocycles. The maximum atomic E-state index is 12.1. The maximum Gasteiger partial charge on any atom is 0.410 e. The van der Waals surface area contributed by atoms with Gasteiger partial charge < -0.3 is 19.5 Å². The lowest BCUT2D eigenvalue weighted by Gasteiger charge is -2.26. The third-order valence-corrected chi connectivity index (χ3v) is 4.14. The molecule has 2 fully saturated rings. The van der Waals surface area contributed by atoms with Crippen LogP contribution in [0.15, 0.2) is 0 Å². The van der Waals surface area contributed by atoms with Gasteiger partial charge in [-0.25, -0.2) is 4.79 Å². The fraction of sp³-hybridized carbons (Fsp3) is 0.929. The lowest BCUT2D eigenvalue weighted by molar-refractivity contribution is 0.00725. The SMILES string of the molecule is CO[C@H]1[C@@H](CO)C[C@@H]2CN(C(=O)OC(C)(C)C)C[C@@H]21. The van der Waals surface area contributed by atoms with Gasteiger partial charge in [-0.1, -0.05) is 0 Å². The van der Waals surface area contributed by atoms with Crippen LogP contribution in [-0.4, -0.2) is 54.6 Å². The fourth-order valence-electron chi connectivity index (χ4n) is 3.41. The summed E-state index contributed by atoms with van der Waals surface area (Å²) in [6.07, 6.45) is 0.749. The number of rotatable bonds is 2. The minimum atomic E-state index is -0.455. The van der Waals surface area contributed by atoms with Crippen molar-refractivity contribution in [3.8, 4) is 0 Å². The molecule has 1 saturated heterocycles. The van der Waals surface area contributed by atoms with Crippen molar-refractivity contribution < 1.29 is 19.4 Å². The molecular formula is C14H25NO4. The molecule has 19 heavy (non-hydrogen) atoms. The number of carbonyl (C=O) groups excluding carboxylic acids is 1. The van der Waals surface area contributed by atoms with E-state index < -0.39 is 5.60 Å². The predicted molar refractivity (Wildman–Crippen MR) is 70.8 cm³/mol. The van der Waals surface area contributed by atoms with E-state index in [-0.39, 0.29) is 24.7 Å². The second-order valence-corrected chi connectivity index (χ2v) is 6.69. The maximum absolute atomic E-state index is 12.1. The molecule has 0 unspecified atom stereocenters. The number of likely N-dealkylation sites (tertiary alicyclic amines) is 1. The zero-order valence-corrected chi connectivity index (χ0v) is 12.3. The Bertz CT molecular complexity index is 339. The molecule has 0 aromatic carbocycles. The summed E-state index contributed by atoms with van der Waals surface area (Å²) in [5, 5.41) is 9.37. The van der Waals surface area contributed by atoms with Crippen molar-refractivity contribution in [1.29, 1.82) is 0 Å². The number of amides is 1. The second kappa shape index (κ2) is 5.29. The Balaban J connectivity index is 1.96. The van der Waals surface area contributed by atoms with Gasteiger partial charge in [0, 0.05) is 38.6 Å². The Morgan fingerprint density at radius 3 is 2.58 bits per heavy atom. The smallest absolute Gasteiger partial charge is 0.410 e. The van der Waals surface area contributed by atoms with Crippen molar-refractivity contribution in [3.63, 3.8) is 0 Å². The van der Waals surface area contributed by atoms with Crippen LogP contribution in [-0.2, 0) is 9.47 Å². The minimum absolute atomic E-state index is 0.0578. The number of hydrogen-bond donors (Lipinski definition) is 1. The molecular weight excluding hydrogens is 246 g/mol. The summed E-state index contributed by atoms with van der Waals surface area (Å²) < 4.78 is 10.9. The van der Waals surface area contributed by atoms with Gasteiger partial charge in [0.05, 0.1) is 6.10 Å². The van der Waals surface area contributed by atoms with Gasteiger partial charge in [-0.2, -0.15) is 0 Å². The van der Waals surface area contributed by atoms with Crippen molar-refractivity contribution >= 4 is 6.09 Å². The summed E-state index contributed by atoms with van der Waals surface area (Å²) in [5.41, 5.74) is -0.455. The van der Waals surface area contributed by atoms with Crippen LogP contribution in [0.25, 0.3) is 0 Å². The standard InChI is InChI=1S/C14H25NO4/c1-14(2,3)19-13(17)15-6-9-5-10(8-16)12(18-4)11(9)7-15/h9-12,16H,5-8H2,1-4H3/t9-,10-,11+,12+/m1/s1. The number of aliphatic hydroxyl groups excluding tert-OH is 1. The van der Waals surface area contributed by atoms with Gasteiger partial charge in [-0.15, -0.1) is 0 Å². The second-order valence-electron chi connectivity index (χ2n) is 6.69. The highest BCUT2D eigenvalue weighted by Crippen LogP contribution is 2.43. The monoisotopic (exact) mass is 271 g/mol. The van der Waals surface area contributed by atoms with Gasteiger partial charge in [0.1, 0.15) is 5.60 Å². The van der Waals surface area contributed by atoms with E-state index in [0.717, 1.165) is 13.0 Å². The third kappa shape index (κ3) is 3.03. The minimum Gasteiger partial charge on any atom is -0.444 e. The molecule has 0 radical (unpaired) electrons. The molecule has 5 nitrogen and oxygen atoms in total. The summed E-state index contributed by atoms with van der Waals surface area (Å²) >= 11 is 0. The normalized spacial score (nSPS) is 34.5. The fourth-order valence-corrected chi connectivity index (χ4v) is 3.41. The molecule has 1 saturated carbocycles. The Hall–Kier alpha value is -0.810. The number of methoxy groups -OCH3 is 1. The van der Waals surface area contributed by atoms with E-state index in [2.05, 4.69) is 0 Å². The number of hydrogen-bond acceptors (Lipinski definition) is 4. The van der Waals surface area contributed by atoms with Crippen LogP contribution < -0.4 is 0 Å². The van der Waals surface area contributed by atoms with Gasteiger partial charge in [0.15, 0.2) is 0 Å². The largest absolute Gasteiger partial charge is 0.444 e. The number of carbonyl (C=O) groups is 1. The molecule has 1 aliphatic heterocycles. The summed E-state index contributed by atoms with van der Waals surface area (Å²) in [4.78, 5) is 13.8. The Kier molecular flexibility index (Phi) is 4.06. The molecule has 4 atom stereocenters. The summed E-state index contributed by atoms with van der Waals surface area (Å²) in [6.45, 7) is 7.19. The van der Waals surface area contributed by atoms with Gasteiger partial charge in [-0.3, -0.25) is 0 Å². The van der Waals surface area contributed by atoms with Crippen LogP contribution in [0.1, 0.15) is 27.2 Å². The number of nitrogens with zero attached hydrogens (tertiary/aromatic N) is 1. The third-order valence-electron chi connectivity index (χ3n) is 4.14. The highest BCUT2D eigenvalue weighted by Gasteiger charge is 2.49. The van der Waals surface area contributed by atoms with Gasteiger partial charge in [0.2, 0.25) is 0 Å². The van der Waals surface area contributed by atoms with Crippen LogP contribution >= 0.6 is 0 Å². The Morgan fingerprint density at radius 1 is 1.37 bits per heavy atom. The summed E-state index contributed by atoms with van der Waals surface area (Å²) in [6, 6.07) is 0. The van der Waals surface area contributed by atoms with Crippen LogP contribution in [0.5, 0.6) is 0 Å². The lowest BCUT2D eigenvalue weighted by Crippen LogP contribution is -2.38. The van der Waals surface area contributed by atoms with Crippen molar-refractivity contribution in [2.75, 3.05) is 26.8 Å². The molecule has 1 N–H and O–H groups in total. The average Bonchev–Trinajstić information content (AvgIpc) is 2.82. The van der Waals surface area contributed by atoms with Crippen molar-refractivity contribution in [2.24, 2.45) is 17.8 Å². The van der Waals surface area contributed by atoms with E-state index in [1.54, 1.807) is 12.0 Å². The molecule has 5 heteroatoms. The zero-order chi connectivity index (χ0) is 14.2.